The lowest BCUT2D eigenvalue weighted by atomic mass is 10.0. The van der Waals surface area contributed by atoms with Gasteiger partial charge in [0.15, 0.2) is 6.29 Å². The Bertz CT molecular complexity index is 1190. The van der Waals surface area contributed by atoms with Gasteiger partial charge in [0, 0.05) is 36.5 Å². The van der Waals surface area contributed by atoms with Gasteiger partial charge in [0.1, 0.15) is 5.03 Å². The maximum atomic E-state index is 11.6. The first-order valence-corrected chi connectivity index (χ1v) is 12.1. The maximum Gasteiger partial charge on any atom is 0.338 e. The van der Waals surface area contributed by atoms with Crippen molar-refractivity contribution in [2.75, 3.05) is 11.1 Å². The number of nitrogens with one attached hydrogen (secondary N) is 1. The van der Waals surface area contributed by atoms with Crippen LogP contribution < -0.4 is 5.32 Å². The van der Waals surface area contributed by atoms with Crippen LogP contribution in [0.4, 0.5) is 5.69 Å². The average molecular weight is 495 g/mol. The van der Waals surface area contributed by atoms with Crippen LogP contribution in [0.5, 0.6) is 0 Å². The van der Waals surface area contributed by atoms with E-state index >= 15 is 0 Å². The van der Waals surface area contributed by atoms with E-state index in [0.29, 0.717) is 22.9 Å². The first-order valence-electron chi connectivity index (χ1n) is 11.1. The summed E-state index contributed by atoms with van der Waals surface area (Å²) in [5.41, 5.74) is 3.31. The van der Waals surface area contributed by atoms with Gasteiger partial charge < -0.3 is 25.0 Å². The molecule has 4 rings (SSSR count). The minimum atomic E-state index is -1.02. The summed E-state index contributed by atoms with van der Waals surface area (Å²) in [6.45, 7) is 1.41. The molecule has 9 heteroatoms. The second kappa shape index (κ2) is 11.5. The number of anilines is 1. The van der Waals surface area contributed by atoms with Crippen molar-refractivity contribution in [3.05, 3.63) is 89.1 Å². The zero-order chi connectivity index (χ0) is 24.8. The topological polar surface area (TPSA) is 118 Å². The number of pyridine rings is 1. The first-order chi connectivity index (χ1) is 16.9. The quantitative estimate of drug-likeness (QED) is 0.390. The zero-order valence-corrected chi connectivity index (χ0v) is 19.9. The molecule has 0 radical (unpaired) electrons. The van der Waals surface area contributed by atoms with Crippen molar-refractivity contribution >= 4 is 29.3 Å². The number of amides is 1. The average Bonchev–Trinajstić information content (AvgIpc) is 2.87. The fraction of sp³-hybridized carbons (Fsp3) is 0.269. The largest absolute Gasteiger partial charge is 0.478 e. The molecule has 1 amide bonds. The van der Waals surface area contributed by atoms with Gasteiger partial charge >= 0.3 is 5.97 Å². The van der Waals surface area contributed by atoms with Gasteiger partial charge in [-0.3, -0.25) is 4.79 Å². The van der Waals surface area contributed by atoms with Gasteiger partial charge in [0.25, 0.3) is 0 Å². The predicted molar refractivity (Wildman–Crippen MR) is 131 cm³/mol. The Morgan fingerprint density at radius 2 is 1.89 bits per heavy atom. The van der Waals surface area contributed by atoms with E-state index in [2.05, 4.69) is 10.3 Å². The van der Waals surface area contributed by atoms with E-state index in [1.165, 1.54) is 24.8 Å². The standard InChI is InChI=1S/C26H26N2O6S/c1-16(30)28-20-5-2-4-19(12-20)26-33-21(15-35-24-22(25(31)32)6-3-11-27-24)13-23(34-26)18-9-7-17(14-29)8-10-18/h2-12,21,23,26,29H,13-15H2,1H3,(H,28,30)(H,31,32)/t21-,23+,26+/m1/s1. The number of carboxylic acids is 1. The number of hydrogen-bond acceptors (Lipinski definition) is 7. The van der Waals surface area contributed by atoms with Crippen LogP contribution in [-0.4, -0.2) is 38.9 Å². The molecule has 0 saturated carbocycles. The molecule has 2 aromatic carbocycles. The monoisotopic (exact) mass is 494 g/mol. The number of carbonyl (C=O) groups is 2. The molecule has 35 heavy (non-hydrogen) atoms. The second-order valence-corrected chi connectivity index (χ2v) is 9.14. The van der Waals surface area contributed by atoms with Crippen molar-refractivity contribution in [3.63, 3.8) is 0 Å². The summed E-state index contributed by atoms with van der Waals surface area (Å²) in [7, 11) is 0. The van der Waals surface area contributed by atoms with Crippen LogP contribution in [0.25, 0.3) is 0 Å². The molecule has 0 unspecified atom stereocenters. The van der Waals surface area contributed by atoms with E-state index in [9.17, 15) is 19.8 Å². The van der Waals surface area contributed by atoms with Gasteiger partial charge in [-0.1, -0.05) is 36.4 Å². The molecule has 8 nitrogen and oxygen atoms in total. The predicted octanol–water partition coefficient (Wildman–Crippen LogP) is 4.57. The van der Waals surface area contributed by atoms with Crippen molar-refractivity contribution in [2.45, 2.75) is 43.5 Å². The summed E-state index contributed by atoms with van der Waals surface area (Å²) < 4.78 is 12.6. The second-order valence-electron chi connectivity index (χ2n) is 8.13. The highest BCUT2D eigenvalue weighted by atomic mass is 32.2. The van der Waals surface area contributed by atoms with Gasteiger partial charge in [0.2, 0.25) is 5.91 Å². The fourth-order valence-electron chi connectivity index (χ4n) is 3.83. The van der Waals surface area contributed by atoms with Crippen LogP contribution in [0, 0.1) is 0 Å². The molecule has 0 spiro atoms. The molecule has 182 valence electrons. The number of benzene rings is 2. The van der Waals surface area contributed by atoms with E-state index < -0.39 is 12.3 Å². The van der Waals surface area contributed by atoms with E-state index in [4.69, 9.17) is 9.47 Å². The minimum Gasteiger partial charge on any atom is -0.478 e. The lowest BCUT2D eigenvalue weighted by Gasteiger charge is -2.36. The van der Waals surface area contributed by atoms with Gasteiger partial charge in [0.05, 0.1) is 24.4 Å². The van der Waals surface area contributed by atoms with Gasteiger partial charge in [-0.2, -0.15) is 0 Å². The maximum absolute atomic E-state index is 11.6. The van der Waals surface area contributed by atoms with Crippen LogP contribution in [0.3, 0.4) is 0 Å². The summed E-state index contributed by atoms with van der Waals surface area (Å²) >= 11 is 1.33. The Labute approximate surface area is 207 Å². The van der Waals surface area contributed by atoms with Gasteiger partial charge in [-0.05, 0) is 35.4 Å². The molecular formula is C26H26N2O6S. The Hall–Kier alpha value is -3.24. The molecule has 0 aliphatic carbocycles. The highest BCUT2D eigenvalue weighted by Gasteiger charge is 2.32. The van der Waals surface area contributed by atoms with Crippen molar-refractivity contribution in [1.82, 2.24) is 4.98 Å². The number of carboxylic acid groups (broad SMARTS) is 1. The third kappa shape index (κ3) is 6.46. The molecule has 1 aromatic heterocycles. The number of nitrogens with zero attached hydrogens (tertiary/aromatic N) is 1. The van der Waals surface area contributed by atoms with Crippen LogP contribution in [0.2, 0.25) is 0 Å². The number of aliphatic hydroxyl groups excluding tert-OH is 1. The third-order valence-electron chi connectivity index (χ3n) is 5.50. The number of aliphatic hydroxyl groups is 1. The molecule has 1 saturated heterocycles. The Morgan fingerprint density at radius 3 is 2.60 bits per heavy atom. The number of rotatable bonds is 8. The molecule has 2 heterocycles. The van der Waals surface area contributed by atoms with E-state index in [0.717, 1.165) is 16.7 Å². The van der Waals surface area contributed by atoms with Crippen molar-refractivity contribution in [1.29, 1.82) is 0 Å². The minimum absolute atomic E-state index is 0.0390. The summed E-state index contributed by atoms with van der Waals surface area (Å²) in [6.07, 6.45) is 0.908. The summed E-state index contributed by atoms with van der Waals surface area (Å²) in [6, 6.07) is 18.0. The van der Waals surface area contributed by atoms with Crippen LogP contribution >= 0.6 is 11.8 Å². The van der Waals surface area contributed by atoms with Gasteiger partial charge in [-0.15, -0.1) is 11.8 Å². The summed E-state index contributed by atoms with van der Waals surface area (Å²) in [5, 5.41) is 22.0. The molecule has 3 atom stereocenters. The summed E-state index contributed by atoms with van der Waals surface area (Å²) in [5.74, 6) is -0.718. The van der Waals surface area contributed by atoms with Crippen LogP contribution in [-0.2, 0) is 20.9 Å². The smallest absolute Gasteiger partial charge is 0.338 e. The van der Waals surface area contributed by atoms with Crippen molar-refractivity contribution in [2.24, 2.45) is 0 Å². The SMILES string of the molecule is CC(=O)Nc1cccc([C@H]2O[C@@H](CSc3ncccc3C(=O)O)C[C@@H](c3ccc(CO)cc3)O2)c1. The molecule has 3 N–H and O–H groups in total. The molecule has 1 fully saturated rings. The van der Waals surface area contributed by atoms with Crippen LogP contribution in [0.1, 0.15) is 52.8 Å². The molecule has 1 aliphatic heterocycles. The lowest BCUT2D eigenvalue weighted by molar-refractivity contribution is -0.245. The third-order valence-corrected chi connectivity index (χ3v) is 6.64. The van der Waals surface area contributed by atoms with E-state index in [-0.39, 0.29) is 30.3 Å². The number of hydrogen-bond donors (Lipinski definition) is 3. The number of thioether (sulfide) groups is 1. The molecule has 3 aromatic rings. The van der Waals surface area contributed by atoms with Gasteiger partial charge in [-0.25, -0.2) is 9.78 Å². The molecule has 0 bridgehead atoms. The number of carbonyl (C=O) groups excluding carboxylic acids is 1. The summed E-state index contributed by atoms with van der Waals surface area (Å²) in [4.78, 5) is 27.3. The first kappa shape index (κ1) is 24.9. The van der Waals surface area contributed by atoms with Crippen LogP contribution in [0.15, 0.2) is 71.9 Å². The highest BCUT2D eigenvalue weighted by Crippen LogP contribution is 2.40. The molecule has 1 aliphatic rings. The normalized spacial score (nSPS) is 19.8. The number of aromatic nitrogens is 1. The highest BCUT2D eigenvalue weighted by molar-refractivity contribution is 7.99. The lowest BCUT2D eigenvalue weighted by Crippen LogP contribution is -2.31. The fourth-order valence-corrected chi connectivity index (χ4v) is 4.83. The number of ether oxygens (including phenoxy) is 2. The zero-order valence-electron chi connectivity index (χ0n) is 19.1. The Morgan fingerprint density at radius 1 is 1.09 bits per heavy atom. The van der Waals surface area contributed by atoms with Crippen molar-refractivity contribution < 1.29 is 29.3 Å². The molecular weight excluding hydrogens is 468 g/mol. The van der Waals surface area contributed by atoms with E-state index in [1.807, 2.05) is 42.5 Å². The van der Waals surface area contributed by atoms with E-state index in [1.54, 1.807) is 18.3 Å². The van der Waals surface area contributed by atoms with Crippen molar-refractivity contribution in [3.8, 4) is 0 Å². The Balaban J connectivity index is 1.57. The number of aromatic carboxylic acids is 1. The Kier molecular flexibility index (Phi) is 8.14.